The van der Waals surface area contributed by atoms with Gasteiger partial charge < -0.3 is 16.2 Å². The number of rotatable bonds is 6. The number of aliphatic hydroxyl groups is 1. The standard InChI is InChI=1S/C23H22N4O/c24-15-16-6-8-18(9-7-16)22-19(17-4-2-1-3-5-17)14-20-21(27-22)10-11-25-23(20)26-12-13-28/h1-11,14,28H,12-13,15,24H2,(H,25,26). The number of pyridine rings is 2. The van der Waals surface area contributed by atoms with Crippen LogP contribution in [0.15, 0.2) is 72.9 Å². The van der Waals surface area contributed by atoms with Gasteiger partial charge in [-0.25, -0.2) is 9.97 Å². The zero-order valence-corrected chi connectivity index (χ0v) is 15.5. The van der Waals surface area contributed by atoms with Gasteiger partial charge >= 0.3 is 0 Å². The van der Waals surface area contributed by atoms with E-state index in [0.717, 1.165) is 44.7 Å². The number of anilines is 1. The molecule has 2 aromatic heterocycles. The van der Waals surface area contributed by atoms with Crippen molar-refractivity contribution in [3.05, 3.63) is 78.5 Å². The Hall–Kier alpha value is -3.28. The highest BCUT2D eigenvalue weighted by molar-refractivity contribution is 5.96. The van der Waals surface area contributed by atoms with Gasteiger partial charge in [0.25, 0.3) is 0 Å². The molecule has 0 bridgehead atoms. The largest absolute Gasteiger partial charge is 0.395 e. The van der Waals surface area contributed by atoms with Crippen LogP contribution in [0, 0.1) is 0 Å². The van der Waals surface area contributed by atoms with Gasteiger partial charge in [-0.3, -0.25) is 0 Å². The summed E-state index contributed by atoms with van der Waals surface area (Å²) >= 11 is 0. The van der Waals surface area contributed by atoms with E-state index in [0.29, 0.717) is 13.1 Å². The van der Waals surface area contributed by atoms with Gasteiger partial charge in [0.2, 0.25) is 0 Å². The molecule has 0 atom stereocenters. The fourth-order valence-corrected chi connectivity index (χ4v) is 3.27. The number of hydrogen-bond acceptors (Lipinski definition) is 5. The van der Waals surface area contributed by atoms with Crippen LogP contribution in [-0.2, 0) is 6.54 Å². The summed E-state index contributed by atoms with van der Waals surface area (Å²) in [5.41, 5.74) is 11.8. The van der Waals surface area contributed by atoms with Gasteiger partial charge in [-0.05, 0) is 23.3 Å². The fraction of sp³-hybridized carbons (Fsp3) is 0.130. The minimum absolute atomic E-state index is 0.0443. The van der Waals surface area contributed by atoms with Gasteiger partial charge in [0, 0.05) is 35.8 Å². The lowest BCUT2D eigenvalue weighted by atomic mass is 9.97. The molecule has 0 saturated carbocycles. The molecule has 5 heteroatoms. The predicted octanol–water partition coefficient (Wildman–Crippen LogP) is 3.83. The molecule has 0 radical (unpaired) electrons. The van der Waals surface area contributed by atoms with E-state index < -0.39 is 0 Å². The van der Waals surface area contributed by atoms with Crippen LogP contribution in [0.5, 0.6) is 0 Å². The number of hydrogen-bond donors (Lipinski definition) is 3. The number of fused-ring (bicyclic) bond motifs is 1. The highest BCUT2D eigenvalue weighted by Crippen LogP contribution is 2.35. The molecule has 0 amide bonds. The van der Waals surface area contributed by atoms with Gasteiger partial charge in [0.05, 0.1) is 17.8 Å². The van der Waals surface area contributed by atoms with Crippen molar-refractivity contribution in [1.82, 2.24) is 9.97 Å². The van der Waals surface area contributed by atoms with Crippen LogP contribution in [0.2, 0.25) is 0 Å². The molecule has 0 aliphatic rings. The second kappa shape index (κ2) is 8.17. The monoisotopic (exact) mass is 370 g/mol. The molecule has 140 valence electrons. The molecule has 4 N–H and O–H groups in total. The molecule has 5 nitrogen and oxygen atoms in total. The summed E-state index contributed by atoms with van der Waals surface area (Å²) in [6.07, 6.45) is 1.73. The maximum atomic E-state index is 9.15. The highest BCUT2D eigenvalue weighted by Gasteiger charge is 2.13. The van der Waals surface area contributed by atoms with E-state index in [1.54, 1.807) is 6.20 Å². The van der Waals surface area contributed by atoms with Crippen molar-refractivity contribution in [3.63, 3.8) is 0 Å². The number of nitrogens with zero attached hydrogens (tertiary/aromatic N) is 2. The molecular weight excluding hydrogens is 348 g/mol. The van der Waals surface area contributed by atoms with Crippen LogP contribution in [0.1, 0.15) is 5.56 Å². The zero-order chi connectivity index (χ0) is 19.3. The van der Waals surface area contributed by atoms with Crippen LogP contribution in [0.4, 0.5) is 5.82 Å². The van der Waals surface area contributed by atoms with Crippen molar-refractivity contribution in [2.45, 2.75) is 6.54 Å². The maximum absolute atomic E-state index is 9.15. The summed E-state index contributed by atoms with van der Waals surface area (Å²) in [5, 5.41) is 13.3. The van der Waals surface area contributed by atoms with Gasteiger partial charge in [-0.15, -0.1) is 0 Å². The first-order chi connectivity index (χ1) is 13.8. The predicted molar refractivity (Wildman–Crippen MR) is 114 cm³/mol. The third kappa shape index (κ3) is 3.58. The molecule has 2 aromatic carbocycles. The maximum Gasteiger partial charge on any atom is 0.135 e. The summed E-state index contributed by atoms with van der Waals surface area (Å²) in [5.74, 6) is 0.723. The second-order valence-electron chi connectivity index (χ2n) is 6.53. The number of aliphatic hydroxyl groups excluding tert-OH is 1. The van der Waals surface area contributed by atoms with E-state index in [2.05, 4.69) is 40.6 Å². The SMILES string of the molecule is NCc1ccc(-c2nc3ccnc(NCCO)c3cc2-c2ccccc2)cc1. The van der Waals surface area contributed by atoms with Gasteiger partial charge in [0.15, 0.2) is 0 Å². The number of benzene rings is 2. The van der Waals surface area contributed by atoms with Gasteiger partial charge in [-0.2, -0.15) is 0 Å². The molecule has 0 unspecified atom stereocenters. The Balaban J connectivity index is 1.94. The lowest BCUT2D eigenvalue weighted by Crippen LogP contribution is -2.07. The fourth-order valence-electron chi connectivity index (χ4n) is 3.27. The third-order valence-corrected chi connectivity index (χ3v) is 4.70. The van der Waals surface area contributed by atoms with E-state index in [1.807, 2.05) is 36.4 Å². The number of nitrogens with one attached hydrogen (secondary N) is 1. The summed E-state index contributed by atoms with van der Waals surface area (Å²) in [4.78, 5) is 9.40. The first kappa shape index (κ1) is 18.1. The smallest absolute Gasteiger partial charge is 0.135 e. The minimum Gasteiger partial charge on any atom is -0.395 e. The molecule has 0 saturated heterocycles. The molecule has 28 heavy (non-hydrogen) atoms. The molecule has 2 heterocycles. The van der Waals surface area contributed by atoms with E-state index in [9.17, 15) is 0 Å². The van der Waals surface area contributed by atoms with E-state index in [4.69, 9.17) is 15.8 Å². The Morgan fingerprint density at radius 1 is 0.929 bits per heavy atom. The van der Waals surface area contributed by atoms with Gasteiger partial charge in [0.1, 0.15) is 5.82 Å². The average Bonchev–Trinajstić information content (AvgIpc) is 2.77. The molecule has 0 aliphatic carbocycles. The second-order valence-corrected chi connectivity index (χ2v) is 6.53. The van der Waals surface area contributed by atoms with Crippen LogP contribution in [-0.4, -0.2) is 28.2 Å². The van der Waals surface area contributed by atoms with Crippen molar-refractivity contribution in [3.8, 4) is 22.4 Å². The topological polar surface area (TPSA) is 84.1 Å². The van der Waals surface area contributed by atoms with Gasteiger partial charge in [-0.1, -0.05) is 54.6 Å². The lowest BCUT2D eigenvalue weighted by Gasteiger charge is -2.14. The van der Waals surface area contributed by atoms with Crippen LogP contribution < -0.4 is 11.1 Å². The van der Waals surface area contributed by atoms with Crippen molar-refractivity contribution in [2.75, 3.05) is 18.5 Å². The normalized spacial score (nSPS) is 10.9. The Morgan fingerprint density at radius 2 is 1.71 bits per heavy atom. The van der Waals surface area contributed by atoms with Crippen molar-refractivity contribution in [2.24, 2.45) is 5.73 Å². The Morgan fingerprint density at radius 3 is 2.43 bits per heavy atom. The molecule has 0 fully saturated rings. The lowest BCUT2D eigenvalue weighted by molar-refractivity contribution is 0.311. The molecular formula is C23H22N4O. The van der Waals surface area contributed by atoms with Crippen LogP contribution in [0.25, 0.3) is 33.3 Å². The van der Waals surface area contributed by atoms with Crippen LogP contribution in [0.3, 0.4) is 0 Å². The Bertz CT molecular complexity index is 1080. The summed E-state index contributed by atoms with van der Waals surface area (Å²) < 4.78 is 0. The van der Waals surface area contributed by atoms with Crippen molar-refractivity contribution >= 4 is 16.7 Å². The highest BCUT2D eigenvalue weighted by atomic mass is 16.3. The summed E-state index contributed by atoms with van der Waals surface area (Å²) in [6, 6.07) is 22.4. The number of aromatic nitrogens is 2. The summed E-state index contributed by atoms with van der Waals surface area (Å²) in [7, 11) is 0. The molecule has 0 spiro atoms. The first-order valence-corrected chi connectivity index (χ1v) is 9.29. The number of nitrogens with two attached hydrogens (primary N) is 1. The minimum atomic E-state index is 0.0443. The summed E-state index contributed by atoms with van der Waals surface area (Å²) in [6.45, 7) is 1.00. The van der Waals surface area contributed by atoms with E-state index in [1.165, 1.54) is 0 Å². The van der Waals surface area contributed by atoms with E-state index >= 15 is 0 Å². The van der Waals surface area contributed by atoms with E-state index in [-0.39, 0.29) is 6.61 Å². The molecule has 4 rings (SSSR count). The first-order valence-electron chi connectivity index (χ1n) is 9.29. The molecule has 0 aliphatic heterocycles. The molecule has 4 aromatic rings. The zero-order valence-electron chi connectivity index (χ0n) is 15.5. The van der Waals surface area contributed by atoms with Crippen LogP contribution >= 0.6 is 0 Å². The quantitative estimate of drug-likeness (QED) is 0.480. The third-order valence-electron chi connectivity index (χ3n) is 4.70. The van der Waals surface area contributed by atoms with Crippen molar-refractivity contribution in [1.29, 1.82) is 0 Å². The Labute approximate surface area is 163 Å². The average molecular weight is 370 g/mol. The Kier molecular flexibility index (Phi) is 5.28. The van der Waals surface area contributed by atoms with Crippen molar-refractivity contribution < 1.29 is 5.11 Å².